The molecule has 26 heavy (non-hydrogen) atoms. The first-order valence-corrected chi connectivity index (χ1v) is 7.25. The first-order valence-electron chi connectivity index (χ1n) is 6.88. The van der Waals surface area contributed by atoms with Crippen molar-refractivity contribution in [2.45, 2.75) is 6.92 Å². The molecule has 0 saturated carbocycles. The Morgan fingerprint density at radius 1 is 0.692 bits per heavy atom. The summed E-state index contributed by atoms with van der Waals surface area (Å²) >= 11 is 5.52. The van der Waals surface area contributed by atoms with E-state index in [1.807, 2.05) is 0 Å². The number of halogens is 1. The number of hydrogen-bond acceptors (Lipinski definition) is 4. The number of aromatic carboxylic acids is 4. The summed E-state index contributed by atoms with van der Waals surface area (Å²) in [6.45, 7) is 1.57. The molecule has 0 aliphatic rings. The number of rotatable bonds is 4. The van der Waals surface area contributed by atoms with Gasteiger partial charge in [-0.25, -0.2) is 19.2 Å². The van der Waals surface area contributed by atoms with Crippen molar-refractivity contribution in [3.63, 3.8) is 0 Å². The molecule has 0 heterocycles. The van der Waals surface area contributed by atoms with Gasteiger partial charge >= 0.3 is 23.9 Å². The van der Waals surface area contributed by atoms with Gasteiger partial charge in [0.05, 0.1) is 27.3 Å². The fourth-order valence-electron chi connectivity index (χ4n) is 1.86. The molecule has 2 aromatic carbocycles. The van der Waals surface area contributed by atoms with E-state index in [9.17, 15) is 19.2 Å². The zero-order chi connectivity index (χ0) is 20.0. The zero-order valence-corrected chi connectivity index (χ0v) is 14.0. The molecule has 0 radical (unpaired) electrons. The third-order valence-corrected chi connectivity index (χ3v) is 3.46. The van der Waals surface area contributed by atoms with Gasteiger partial charge in [0.25, 0.3) is 0 Å². The average molecular weight is 381 g/mol. The van der Waals surface area contributed by atoms with Crippen molar-refractivity contribution in [3.8, 4) is 0 Å². The van der Waals surface area contributed by atoms with Crippen LogP contribution in [0.2, 0.25) is 5.02 Å². The summed E-state index contributed by atoms with van der Waals surface area (Å²) in [5, 5.41) is 34.3. The average Bonchev–Trinajstić information content (AvgIpc) is 2.54. The molecule has 0 aliphatic heterocycles. The van der Waals surface area contributed by atoms with Gasteiger partial charge in [0, 0.05) is 0 Å². The van der Waals surface area contributed by atoms with E-state index in [0.29, 0.717) is 5.56 Å². The highest BCUT2D eigenvalue weighted by molar-refractivity contribution is 6.33. The normalized spacial score (nSPS) is 9.62. The molecule has 4 N–H and O–H groups in total. The molecule has 0 aromatic heterocycles. The number of aryl methyl sites for hydroxylation is 1. The standard InChI is InChI=1S/C9H8O4.C8H5ClO4/c1-5-4-6(8(10)11)2-3-7(5)9(12)13;9-6-3-4(7(10)11)1-2-5(6)8(12)13/h2-4H,1H3,(H,10,11)(H,12,13);1-3H,(H,10,11)(H,12,13). The number of carboxylic acids is 4. The molecule has 8 nitrogen and oxygen atoms in total. The lowest BCUT2D eigenvalue weighted by Crippen LogP contribution is -2.03. The van der Waals surface area contributed by atoms with Crippen molar-refractivity contribution in [1.82, 2.24) is 0 Å². The van der Waals surface area contributed by atoms with Gasteiger partial charge in [0.15, 0.2) is 0 Å². The van der Waals surface area contributed by atoms with Crippen LogP contribution in [-0.2, 0) is 0 Å². The van der Waals surface area contributed by atoms with Crippen LogP contribution in [0.4, 0.5) is 0 Å². The van der Waals surface area contributed by atoms with Crippen molar-refractivity contribution >= 4 is 35.5 Å². The predicted molar refractivity (Wildman–Crippen MR) is 90.5 cm³/mol. The Bertz CT molecular complexity index is 815. The van der Waals surface area contributed by atoms with E-state index in [1.165, 1.54) is 24.3 Å². The van der Waals surface area contributed by atoms with Crippen LogP contribution in [-0.4, -0.2) is 44.3 Å². The van der Waals surface area contributed by atoms with Crippen LogP contribution in [0.15, 0.2) is 36.4 Å². The molecule has 0 bridgehead atoms. The highest BCUT2D eigenvalue weighted by Crippen LogP contribution is 2.17. The summed E-state index contributed by atoms with van der Waals surface area (Å²) in [6.07, 6.45) is 0. The van der Waals surface area contributed by atoms with Gasteiger partial charge in [-0.1, -0.05) is 11.6 Å². The van der Waals surface area contributed by atoms with Crippen LogP contribution >= 0.6 is 11.6 Å². The molecule has 9 heteroatoms. The Labute approximate surface area is 151 Å². The second-order valence-corrected chi connectivity index (χ2v) is 5.35. The maximum absolute atomic E-state index is 10.6. The van der Waals surface area contributed by atoms with Gasteiger partial charge in [-0.3, -0.25) is 0 Å². The van der Waals surface area contributed by atoms with Crippen molar-refractivity contribution in [2.24, 2.45) is 0 Å². The number of hydrogen-bond donors (Lipinski definition) is 4. The summed E-state index contributed by atoms with van der Waals surface area (Å²) in [5.74, 6) is -4.42. The smallest absolute Gasteiger partial charge is 0.337 e. The molecule has 0 amide bonds. The highest BCUT2D eigenvalue weighted by Gasteiger charge is 2.11. The minimum Gasteiger partial charge on any atom is -0.478 e. The lowest BCUT2D eigenvalue weighted by molar-refractivity contribution is 0.0680. The molecule has 136 valence electrons. The van der Waals surface area contributed by atoms with Crippen molar-refractivity contribution < 1.29 is 39.6 Å². The van der Waals surface area contributed by atoms with Crippen LogP contribution < -0.4 is 0 Å². The van der Waals surface area contributed by atoms with E-state index in [0.717, 1.165) is 12.1 Å². The molecule has 2 aromatic rings. The summed E-state index contributed by atoms with van der Waals surface area (Å²) in [6, 6.07) is 7.37. The zero-order valence-electron chi connectivity index (χ0n) is 13.3. The summed E-state index contributed by atoms with van der Waals surface area (Å²) in [7, 11) is 0. The van der Waals surface area contributed by atoms with E-state index in [1.54, 1.807) is 6.92 Å². The van der Waals surface area contributed by atoms with Crippen molar-refractivity contribution in [2.75, 3.05) is 0 Å². The molecule has 0 aliphatic carbocycles. The molecule has 0 fully saturated rings. The lowest BCUT2D eigenvalue weighted by atomic mass is 10.1. The quantitative estimate of drug-likeness (QED) is 0.631. The molecule has 0 unspecified atom stereocenters. The van der Waals surface area contributed by atoms with Crippen LogP contribution in [0.25, 0.3) is 0 Å². The maximum atomic E-state index is 10.6. The lowest BCUT2D eigenvalue weighted by Gasteiger charge is -2.01. The molecule has 0 saturated heterocycles. The highest BCUT2D eigenvalue weighted by atomic mass is 35.5. The van der Waals surface area contributed by atoms with E-state index >= 15 is 0 Å². The van der Waals surface area contributed by atoms with Crippen LogP contribution in [0.1, 0.15) is 47.0 Å². The number of carboxylic acid groups (broad SMARTS) is 4. The third kappa shape index (κ3) is 5.32. The minimum absolute atomic E-state index is 0.0324. The second kappa shape index (κ2) is 8.63. The molecule has 0 spiro atoms. The van der Waals surface area contributed by atoms with Gasteiger partial charge in [0.1, 0.15) is 0 Å². The monoisotopic (exact) mass is 380 g/mol. The van der Waals surface area contributed by atoms with Gasteiger partial charge in [0.2, 0.25) is 0 Å². The van der Waals surface area contributed by atoms with Crippen LogP contribution in [0, 0.1) is 6.92 Å². The third-order valence-electron chi connectivity index (χ3n) is 3.15. The second-order valence-electron chi connectivity index (χ2n) is 4.94. The van der Waals surface area contributed by atoms with Crippen LogP contribution in [0.5, 0.6) is 0 Å². The molecular formula is C17H13ClO8. The number of carbonyl (C=O) groups is 4. The predicted octanol–water partition coefficient (Wildman–Crippen LogP) is 3.13. The Balaban J connectivity index is 0.000000260. The SMILES string of the molecule is Cc1cc(C(=O)O)ccc1C(=O)O.O=C(O)c1ccc(C(=O)O)c(Cl)c1. The summed E-state index contributed by atoms with van der Waals surface area (Å²) in [4.78, 5) is 41.9. The molecule has 2 rings (SSSR count). The largest absolute Gasteiger partial charge is 0.478 e. The van der Waals surface area contributed by atoms with Crippen LogP contribution in [0.3, 0.4) is 0 Å². The van der Waals surface area contributed by atoms with Crippen molar-refractivity contribution in [1.29, 1.82) is 0 Å². The fraction of sp³-hybridized carbons (Fsp3) is 0.0588. The van der Waals surface area contributed by atoms with E-state index in [2.05, 4.69) is 0 Å². The first kappa shape index (κ1) is 20.7. The van der Waals surface area contributed by atoms with E-state index in [-0.39, 0.29) is 27.3 Å². The Morgan fingerprint density at radius 2 is 1.12 bits per heavy atom. The van der Waals surface area contributed by atoms with E-state index in [4.69, 9.17) is 32.0 Å². The summed E-state index contributed by atoms with van der Waals surface area (Å²) < 4.78 is 0. The van der Waals surface area contributed by atoms with Gasteiger partial charge < -0.3 is 20.4 Å². The van der Waals surface area contributed by atoms with Gasteiger partial charge in [-0.05, 0) is 48.9 Å². The minimum atomic E-state index is -1.18. The molecular weight excluding hydrogens is 368 g/mol. The van der Waals surface area contributed by atoms with E-state index < -0.39 is 23.9 Å². The number of benzene rings is 2. The van der Waals surface area contributed by atoms with Crippen molar-refractivity contribution in [3.05, 3.63) is 69.2 Å². The Hall–Kier alpha value is -3.39. The Morgan fingerprint density at radius 3 is 1.46 bits per heavy atom. The maximum Gasteiger partial charge on any atom is 0.337 e. The first-order chi connectivity index (χ1) is 12.0. The topological polar surface area (TPSA) is 149 Å². The summed E-state index contributed by atoms with van der Waals surface area (Å²) in [5.41, 5.74) is 0.543. The van der Waals surface area contributed by atoms with Gasteiger partial charge in [-0.15, -0.1) is 0 Å². The Kier molecular flexibility index (Phi) is 6.86. The van der Waals surface area contributed by atoms with Gasteiger partial charge in [-0.2, -0.15) is 0 Å². The molecule has 0 atom stereocenters. The fourth-order valence-corrected chi connectivity index (χ4v) is 2.12.